The summed E-state index contributed by atoms with van der Waals surface area (Å²) in [5.74, 6) is -1.54. The summed E-state index contributed by atoms with van der Waals surface area (Å²) >= 11 is 0. The van der Waals surface area contributed by atoms with Crippen LogP contribution in [-0.4, -0.2) is 33.8 Å². The summed E-state index contributed by atoms with van der Waals surface area (Å²) in [6, 6.07) is 0.389. The standard InChI is InChI=1S/C13H16N2O3/c14-9-2-1-3-10-11(9)12(16)8(13(17)18)6-15(10)7-4-5-7/h6-7,10H,1-5,14H2,(H,17,18). The number of allylic oxidation sites excluding steroid dienone is 1. The summed E-state index contributed by atoms with van der Waals surface area (Å²) < 4.78 is 0. The van der Waals surface area contributed by atoms with Gasteiger partial charge in [0.1, 0.15) is 5.57 Å². The van der Waals surface area contributed by atoms with Crippen molar-refractivity contribution in [2.24, 2.45) is 5.73 Å². The van der Waals surface area contributed by atoms with Gasteiger partial charge in [0.05, 0.1) is 6.04 Å². The maximum absolute atomic E-state index is 12.2. The van der Waals surface area contributed by atoms with Crippen molar-refractivity contribution in [1.29, 1.82) is 0 Å². The number of carbonyl (C=O) groups excluding carboxylic acids is 1. The maximum atomic E-state index is 12.2. The average molecular weight is 248 g/mol. The highest BCUT2D eigenvalue weighted by molar-refractivity contribution is 6.24. The van der Waals surface area contributed by atoms with Crippen molar-refractivity contribution in [2.75, 3.05) is 0 Å². The molecule has 1 aliphatic heterocycles. The van der Waals surface area contributed by atoms with Gasteiger partial charge >= 0.3 is 5.97 Å². The van der Waals surface area contributed by atoms with Gasteiger partial charge < -0.3 is 15.7 Å². The monoisotopic (exact) mass is 248 g/mol. The van der Waals surface area contributed by atoms with E-state index in [0.29, 0.717) is 23.7 Å². The molecule has 3 aliphatic rings. The van der Waals surface area contributed by atoms with Crippen molar-refractivity contribution in [1.82, 2.24) is 4.90 Å². The van der Waals surface area contributed by atoms with Crippen LogP contribution < -0.4 is 5.73 Å². The molecular weight excluding hydrogens is 232 g/mol. The molecule has 0 aromatic heterocycles. The highest BCUT2D eigenvalue weighted by atomic mass is 16.4. The van der Waals surface area contributed by atoms with Gasteiger partial charge in [-0.2, -0.15) is 0 Å². The van der Waals surface area contributed by atoms with Gasteiger partial charge in [0, 0.05) is 23.5 Å². The van der Waals surface area contributed by atoms with Crippen molar-refractivity contribution in [3.8, 4) is 0 Å². The third kappa shape index (κ3) is 1.62. The predicted molar refractivity (Wildman–Crippen MR) is 64.4 cm³/mol. The Labute approximate surface area is 105 Å². The van der Waals surface area contributed by atoms with E-state index >= 15 is 0 Å². The van der Waals surface area contributed by atoms with E-state index in [0.717, 1.165) is 25.7 Å². The summed E-state index contributed by atoms with van der Waals surface area (Å²) in [5, 5.41) is 9.13. The topological polar surface area (TPSA) is 83.6 Å². The molecule has 0 radical (unpaired) electrons. The summed E-state index contributed by atoms with van der Waals surface area (Å²) in [6.07, 6.45) is 6.23. The van der Waals surface area contributed by atoms with Crippen molar-refractivity contribution in [3.63, 3.8) is 0 Å². The Hall–Kier alpha value is -1.78. The number of fused-ring (bicyclic) bond motifs is 1. The predicted octanol–water partition coefficient (Wildman–Crippen LogP) is 0.767. The van der Waals surface area contributed by atoms with Crippen molar-refractivity contribution >= 4 is 11.8 Å². The molecule has 1 fully saturated rings. The first-order valence-electron chi connectivity index (χ1n) is 6.35. The molecule has 3 N–H and O–H groups in total. The van der Waals surface area contributed by atoms with Crippen LogP contribution in [0.2, 0.25) is 0 Å². The minimum absolute atomic E-state index is 0.00171. The van der Waals surface area contributed by atoms with Gasteiger partial charge in [-0.15, -0.1) is 0 Å². The number of ketones is 1. The van der Waals surface area contributed by atoms with Crippen molar-refractivity contribution < 1.29 is 14.7 Å². The third-order valence-electron chi connectivity index (χ3n) is 3.93. The van der Waals surface area contributed by atoms with Crippen LogP contribution in [0.1, 0.15) is 32.1 Å². The van der Waals surface area contributed by atoms with E-state index in [2.05, 4.69) is 0 Å². The molecule has 3 rings (SSSR count). The largest absolute Gasteiger partial charge is 0.477 e. The molecule has 0 saturated heterocycles. The molecule has 0 aromatic carbocycles. The minimum atomic E-state index is -1.16. The van der Waals surface area contributed by atoms with Gasteiger partial charge in [-0.1, -0.05) is 0 Å². The number of carboxylic acid groups (broad SMARTS) is 1. The fourth-order valence-corrected chi connectivity index (χ4v) is 2.90. The molecule has 1 atom stereocenters. The molecule has 96 valence electrons. The van der Waals surface area contributed by atoms with Gasteiger partial charge in [0.25, 0.3) is 0 Å². The first-order valence-corrected chi connectivity index (χ1v) is 6.35. The molecule has 18 heavy (non-hydrogen) atoms. The smallest absolute Gasteiger partial charge is 0.341 e. The van der Waals surface area contributed by atoms with Crippen LogP contribution in [0.4, 0.5) is 0 Å². The molecule has 5 heteroatoms. The lowest BCUT2D eigenvalue weighted by atomic mass is 9.83. The van der Waals surface area contributed by atoms with E-state index in [4.69, 9.17) is 10.8 Å². The number of Topliss-reactive ketones (excluding diaryl/α,β-unsaturated/α-hetero) is 1. The van der Waals surface area contributed by atoms with E-state index in [1.807, 2.05) is 4.90 Å². The summed E-state index contributed by atoms with van der Waals surface area (Å²) in [6.45, 7) is 0. The van der Waals surface area contributed by atoms with Crippen molar-refractivity contribution in [3.05, 3.63) is 23.0 Å². The zero-order chi connectivity index (χ0) is 12.9. The molecule has 5 nitrogen and oxygen atoms in total. The second-order valence-electron chi connectivity index (χ2n) is 5.20. The van der Waals surface area contributed by atoms with E-state index in [1.54, 1.807) is 0 Å². The number of hydrogen-bond donors (Lipinski definition) is 2. The Balaban J connectivity index is 2.08. The van der Waals surface area contributed by atoms with Gasteiger partial charge in [-0.3, -0.25) is 4.79 Å². The lowest BCUT2D eigenvalue weighted by Crippen LogP contribution is -2.45. The normalized spacial score (nSPS) is 28.0. The lowest BCUT2D eigenvalue weighted by molar-refractivity contribution is -0.134. The molecule has 0 spiro atoms. The highest BCUT2D eigenvalue weighted by Gasteiger charge is 2.43. The maximum Gasteiger partial charge on any atom is 0.341 e. The number of aliphatic carboxylic acids is 1. The molecule has 0 amide bonds. The van der Waals surface area contributed by atoms with E-state index in [-0.39, 0.29) is 17.4 Å². The zero-order valence-electron chi connectivity index (χ0n) is 10.1. The second-order valence-corrected chi connectivity index (χ2v) is 5.20. The fourth-order valence-electron chi connectivity index (χ4n) is 2.90. The van der Waals surface area contributed by atoms with Gasteiger partial charge in [-0.25, -0.2) is 4.79 Å². The van der Waals surface area contributed by atoms with Gasteiger partial charge in [-0.05, 0) is 32.1 Å². The van der Waals surface area contributed by atoms with Crippen LogP contribution in [0.25, 0.3) is 0 Å². The number of carbonyl (C=O) groups is 2. The molecule has 1 heterocycles. The lowest BCUT2D eigenvalue weighted by Gasteiger charge is -2.39. The van der Waals surface area contributed by atoms with Crippen LogP contribution in [0.3, 0.4) is 0 Å². The van der Waals surface area contributed by atoms with Crippen LogP contribution >= 0.6 is 0 Å². The van der Waals surface area contributed by atoms with Crippen LogP contribution in [-0.2, 0) is 9.59 Å². The fraction of sp³-hybridized carbons (Fsp3) is 0.538. The number of nitrogens with zero attached hydrogens (tertiary/aromatic N) is 1. The number of nitrogens with two attached hydrogens (primary N) is 1. The molecular formula is C13H16N2O3. The van der Waals surface area contributed by atoms with Crippen LogP contribution in [0, 0.1) is 0 Å². The molecule has 2 aliphatic carbocycles. The average Bonchev–Trinajstić information content (AvgIpc) is 3.13. The molecule has 0 aromatic rings. The van der Waals surface area contributed by atoms with E-state index < -0.39 is 5.97 Å². The third-order valence-corrected chi connectivity index (χ3v) is 3.93. The summed E-state index contributed by atoms with van der Waals surface area (Å²) in [4.78, 5) is 25.4. The minimum Gasteiger partial charge on any atom is -0.477 e. The van der Waals surface area contributed by atoms with Crippen LogP contribution in [0.5, 0.6) is 0 Å². The van der Waals surface area contributed by atoms with Crippen LogP contribution in [0.15, 0.2) is 23.0 Å². The SMILES string of the molecule is NC1=C2C(=O)C(C(=O)O)=CN(C3CC3)C2CCC1. The second kappa shape index (κ2) is 3.86. The molecule has 1 unspecified atom stereocenters. The Kier molecular flexibility index (Phi) is 2.43. The quantitative estimate of drug-likeness (QED) is 0.705. The Morgan fingerprint density at radius 3 is 2.72 bits per heavy atom. The Morgan fingerprint density at radius 2 is 2.11 bits per heavy atom. The first-order chi connectivity index (χ1) is 8.59. The van der Waals surface area contributed by atoms with Gasteiger partial charge in [0.15, 0.2) is 0 Å². The summed E-state index contributed by atoms with van der Waals surface area (Å²) in [7, 11) is 0. The van der Waals surface area contributed by atoms with E-state index in [1.165, 1.54) is 6.20 Å². The highest BCUT2D eigenvalue weighted by Crippen LogP contribution is 2.39. The van der Waals surface area contributed by atoms with Crippen molar-refractivity contribution in [2.45, 2.75) is 44.2 Å². The number of rotatable bonds is 2. The molecule has 0 bridgehead atoms. The molecule has 1 saturated carbocycles. The zero-order valence-corrected chi connectivity index (χ0v) is 10.1. The first kappa shape index (κ1) is 11.3. The summed E-state index contributed by atoms with van der Waals surface area (Å²) in [5.41, 5.74) is 6.91. The Morgan fingerprint density at radius 1 is 1.39 bits per heavy atom. The Bertz CT molecular complexity index is 488. The number of hydrogen-bond acceptors (Lipinski definition) is 4. The van der Waals surface area contributed by atoms with Gasteiger partial charge in [0.2, 0.25) is 5.78 Å². The number of carboxylic acids is 1. The van der Waals surface area contributed by atoms with E-state index in [9.17, 15) is 9.59 Å².